The summed E-state index contributed by atoms with van der Waals surface area (Å²) in [5.41, 5.74) is 0.726. The van der Waals surface area contributed by atoms with E-state index in [4.69, 9.17) is 4.74 Å². The average molecular weight is 197 g/mol. The first-order valence-corrected chi connectivity index (χ1v) is 4.67. The van der Waals surface area contributed by atoms with Crippen molar-refractivity contribution >= 4 is 0 Å². The maximum Gasteiger partial charge on any atom is 0.126 e. The maximum atomic E-state index is 13.3. The molecule has 14 heavy (non-hydrogen) atoms. The monoisotopic (exact) mass is 197 g/mol. The second-order valence-corrected chi connectivity index (χ2v) is 3.24. The molecule has 0 aliphatic heterocycles. The summed E-state index contributed by atoms with van der Waals surface area (Å²) in [4.78, 5) is 0. The lowest BCUT2D eigenvalue weighted by molar-refractivity contribution is 0.169. The predicted octanol–water partition coefficient (Wildman–Crippen LogP) is 1.60. The molecule has 0 spiro atoms. The van der Waals surface area contributed by atoms with E-state index in [1.807, 2.05) is 13.1 Å². The van der Waals surface area contributed by atoms with Crippen LogP contribution in [0, 0.1) is 5.82 Å². The zero-order valence-electron chi connectivity index (χ0n) is 8.59. The Labute approximate surface area is 84.1 Å². The van der Waals surface area contributed by atoms with Crippen LogP contribution in [-0.2, 0) is 11.2 Å². The van der Waals surface area contributed by atoms with Crippen LogP contribution in [-0.4, -0.2) is 26.8 Å². The van der Waals surface area contributed by atoms with Crippen molar-refractivity contribution in [2.45, 2.75) is 12.5 Å². The number of likely N-dealkylation sites (N-methyl/N-ethyl adjacent to an activating group) is 1. The van der Waals surface area contributed by atoms with Crippen molar-refractivity contribution in [3.8, 4) is 0 Å². The lowest BCUT2D eigenvalue weighted by Crippen LogP contribution is -2.32. The van der Waals surface area contributed by atoms with Crippen molar-refractivity contribution in [2.75, 3.05) is 20.8 Å². The molecule has 3 heteroatoms. The van der Waals surface area contributed by atoms with Gasteiger partial charge in [-0.1, -0.05) is 18.2 Å². The summed E-state index contributed by atoms with van der Waals surface area (Å²) in [6.45, 7) is 0.588. The topological polar surface area (TPSA) is 21.3 Å². The van der Waals surface area contributed by atoms with E-state index in [0.29, 0.717) is 13.0 Å². The van der Waals surface area contributed by atoms with Gasteiger partial charge >= 0.3 is 0 Å². The molecule has 78 valence electrons. The van der Waals surface area contributed by atoms with Gasteiger partial charge in [-0.25, -0.2) is 4.39 Å². The van der Waals surface area contributed by atoms with Crippen LogP contribution < -0.4 is 5.32 Å². The Hall–Kier alpha value is -0.930. The minimum absolute atomic E-state index is 0.149. The zero-order chi connectivity index (χ0) is 10.4. The van der Waals surface area contributed by atoms with Gasteiger partial charge in [0.1, 0.15) is 5.82 Å². The van der Waals surface area contributed by atoms with Crippen LogP contribution >= 0.6 is 0 Å². The summed E-state index contributed by atoms with van der Waals surface area (Å²) < 4.78 is 18.3. The van der Waals surface area contributed by atoms with Crippen LogP contribution in [0.3, 0.4) is 0 Å². The standard InChI is InChI=1S/C11H16FNO/c1-13-10(8-14-2)7-9-5-3-4-6-11(9)12/h3-6,10,13H,7-8H2,1-2H3. The quantitative estimate of drug-likeness (QED) is 0.774. The molecule has 0 saturated carbocycles. The van der Waals surface area contributed by atoms with Gasteiger partial charge in [0.05, 0.1) is 6.61 Å². The number of hydrogen-bond acceptors (Lipinski definition) is 2. The normalized spacial score (nSPS) is 12.8. The van der Waals surface area contributed by atoms with Gasteiger partial charge < -0.3 is 10.1 Å². The van der Waals surface area contributed by atoms with Crippen LogP contribution in [0.1, 0.15) is 5.56 Å². The summed E-state index contributed by atoms with van der Waals surface area (Å²) in [7, 11) is 3.50. The van der Waals surface area contributed by atoms with Gasteiger partial charge in [-0.3, -0.25) is 0 Å². The van der Waals surface area contributed by atoms with E-state index in [9.17, 15) is 4.39 Å². The largest absolute Gasteiger partial charge is 0.383 e. The van der Waals surface area contributed by atoms with Gasteiger partial charge in [0.2, 0.25) is 0 Å². The van der Waals surface area contributed by atoms with Crippen LogP contribution in [0.5, 0.6) is 0 Å². The Morgan fingerprint density at radius 1 is 1.43 bits per heavy atom. The van der Waals surface area contributed by atoms with Crippen molar-refractivity contribution < 1.29 is 9.13 Å². The Morgan fingerprint density at radius 3 is 2.71 bits per heavy atom. The molecule has 0 bridgehead atoms. The number of nitrogens with one attached hydrogen (secondary N) is 1. The maximum absolute atomic E-state index is 13.3. The van der Waals surface area contributed by atoms with Crippen LogP contribution in [0.15, 0.2) is 24.3 Å². The highest BCUT2D eigenvalue weighted by Crippen LogP contribution is 2.09. The van der Waals surface area contributed by atoms with Gasteiger partial charge in [0.15, 0.2) is 0 Å². The lowest BCUT2D eigenvalue weighted by Gasteiger charge is -2.15. The molecule has 1 rings (SSSR count). The van der Waals surface area contributed by atoms with Gasteiger partial charge in [-0.15, -0.1) is 0 Å². The minimum atomic E-state index is -0.149. The molecule has 0 heterocycles. The highest BCUT2D eigenvalue weighted by Gasteiger charge is 2.09. The molecular formula is C11H16FNO. The Bertz CT molecular complexity index is 278. The molecule has 0 saturated heterocycles. The molecular weight excluding hydrogens is 181 g/mol. The number of ether oxygens (including phenoxy) is 1. The fraction of sp³-hybridized carbons (Fsp3) is 0.455. The summed E-state index contributed by atoms with van der Waals surface area (Å²) in [5, 5.41) is 3.09. The van der Waals surface area contributed by atoms with E-state index in [0.717, 1.165) is 5.56 Å². The Kier molecular flexibility index (Phi) is 4.56. The molecule has 0 amide bonds. The van der Waals surface area contributed by atoms with E-state index in [-0.39, 0.29) is 11.9 Å². The summed E-state index contributed by atoms with van der Waals surface area (Å²) >= 11 is 0. The summed E-state index contributed by atoms with van der Waals surface area (Å²) in [5.74, 6) is -0.149. The fourth-order valence-electron chi connectivity index (χ4n) is 1.37. The van der Waals surface area contributed by atoms with Crippen LogP contribution in [0.4, 0.5) is 4.39 Å². The van der Waals surface area contributed by atoms with Gasteiger partial charge in [0.25, 0.3) is 0 Å². The van der Waals surface area contributed by atoms with E-state index < -0.39 is 0 Å². The number of hydrogen-bond donors (Lipinski definition) is 1. The third-order valence-corrected chi connectivity index (χ3v) is 2.20. The smallest absolute Gasteiger partial charge is 0.126 e. The van der Waals surface area contributed by atoms with Gasteiger partial charge in [0, 0.05) is 13.2 Å². The molecule has 1 aromatic carbocycles. The molecule has 1 atom stereocenters. The highest BCUT2D eigenvalue weighted by atomic mass is 19.1. The number of methoxy groups -OCH3 is 1. The molecule has 1 aromatic rings. The van der Waals surface area contributed by atoms with Crippen molar-refractivity contribution in [1.82, 2.24) is 5.32 Å². The summed E-state index contributed by atoms with van der Waals surface area (Å²) in [6.07, 6.45) is 0.650. The molecule has 1 unspecified atom stereocenters. The third kappa shape index (κ3) is 3.09. The molecule has 0 fully saturated rings. The Morgan fingerprint density at radius 2 is 2.14 bits per heavy atom. The second kappa shape index (κ2) is 5.73. The minimum Gasteiger partial charge on any atom is -0.383 e. The van der Waals surface area contributed by atoms with E-state index in [2.05, 4.69) is 5.32 Å². The molecule has 0 aromatic heterocycles. The molecule has 2 nitrogen and oxygen atoms in total. The number of benzene rings is 1. The third-order valence-electron chi connectivity index (χ3n) is 2.20. The summed E-state index contributed by atoms with van der Waals surface area (Å²) in [6, 6.07) is 6.99. The molecule has 1 N–H and O–H groups in total. The SMILES string of the molecule is CNC(COC)Cc1ccccc1F. The van der Waals surface area contributed by atoms with Gasteiger partial charge in [-0.2, -0.15) is 0 Å². The number of halogens is 1. The van der Waals surface area contributed by atoms with Crippen molar-refractivity contribution in [2.24, 2.45) is 0 Å². The first kappa shape index (κ1) is 11.1. The number of rotatable bonds is 5. The first-order chi connectivity index (χ1) is 6.77. The van der Waals surface area contributed by atoms with E-state index >= 15 is 0 Å². The van der Waals surface area contributed by atoms with Crippen molar-refractivity contribution in [1.29, 1.82) is 0 Å². The van der Waals surface area contributed by atoms with Crippen molar-refractivity contribution in [3.05, 3.63) is 35.6 Å². The molecule has 0 aliphatic rings. The Balaban J connectivity index is 2.62. The van der Waals surface area contributed by atoms with Crippen LogP contribution in [0.25, 0.3) is 0 Å². The van der Waals surface area contributed by atoms with Crippen LogP contribution in [0.2, 0.25) is 0 Å². The highest BCUT2D eigenvalue weighted by molar-refractivity contribution is 5.18. The lowest BCUT2D eigenvalue weighted by atomic mass is 10.1. The average Bonchev–Trinajstić information content (AvgIpc) is 2.20. The van der Waals surface area contributed by atoms with E-state index in [1.165, 1.54) is 6.07 Å². The molecule has 0 radical (unpaired) electrons. The predicted molar refractivity (Wildman–Crippen MR) is 54.8 cm³/mol. The first-order valence-electron chi connectivity index (χ1n) is 4.67. The van der Waals surface area contributed by atoms with E-state index in [1.54, 1.807) is 19.2 Å². The van der Waals surface area contributed by atoms with Crippen molar-refractivity contribution in [3.63, 3.8) is 0 Å². The fourth-order valence-corrected chi connectivity index (χ4v) is 1.37. The zero-order valence-corrected chi connectivity index (χ0v) is 8.59. The van der Waals surface area contributed by atoms with Gasteiger partial charge in [-0.05, 0) is 25.1 Å². The molecule has 0 aliphatic carbocycles. The second-order valence-electron chi connectivity index (χ2n) is 3.24.